The van der Waals surface area contributed by atoms with Crippen LogP contribution in [0.25, 0.3) is 0 Å². The molecule has 2 nitrogen and oxygen atoms in total. The highest BCUT2D eigenvalue weighted by atomic mass is 16.3. The first kappa shape index (κ1) is 9.29. The summed E-state index contributed by atoms with van der Waals surface area (Å²) in [4.78, 5) is 0. The summed E-state index contributed by atoms with van der Waals surface area (Å²) >= 11 is 0. The molecule has 3 fully saturated rings. The van der Waals surface area contributed by atoms with Gasteiger partial charge >= 0.3 is 0 Å². The largest absolute Gasteiger partial charge is 0.468 e. The zero-order valence-electron chi connectivity index (χ0n) is 9.56. The van der Waals surface area contributed by atoms with E-state index in [1.807, 2.05) is 12.1 Å². The van der Waals surface area contributed by atoms with Gasteiger partial charge in [0.1, 0.15) is 5.76 Å². The van der Waals surface area contributed by atoms with Crippen molar-refractivity contribution < 1.29 is 4.42 Å². The third-order valence-electron chi connectivity index (χ3n) is 5.15. The van der Waals surface area contributed by atoms with Crippen molar-refractivity contribution in [3.05, 3.63) is 24.2 Å². The molecule has 3 saturated carbocycles. The summed E-state index contributed by atoms with van der Waals surface area (Å²) in [5.41, 5.74) is 0. The average molecular weight is 217 g/mol. The summed E-state index contributed by atoms with van der Waals surface area (Å²) in [7, 11) is 0. The van der Waals surface area contributed by atoms with Gasteiger partial charge < -0.3 is 9.73 Å². The number of rotatable bonds is 4. The molecular weight excluding hydrogens is 198 g/mol. The SMILES string of the molecule is c1coc(CNCC2C3C4CCC(C4)C23)c1. The van der Waals surface area contributed by atoms with Gasteiger partial charge in [-0.05, 0) is 67.5 Å². The van der Waals surface area contributed by atoms with E-state index in [0.717, 1.165) is 41.9 Å². The van der Waals surface area contributed by atoms with E-state index in [4.69, 9.17) is 4.42 Å². The molecule has 2 heteroatoms. The normalized spacial score (nSPS) is 43.6. The molecule has 1 aromatic rings. The van der Waals surface area contributed by atoms with E-state index < -0.39 is 0 Å². The van der Waals surface area contributed by atoms with Crippen LogP contribution >= 0.6 is 0 Å². The van der Waals surface area contributed by atoms with Gasteiger partial charge in [0.15, 0.2) is 0 Å². The molecule has 86 valence electrons. The summed E-state index contributed by atoms with van der Waals surface area (Å²) in [6, 6.07) is 4.01. The van der Waals surface area contributed by atoms with E-state index in [2.05, 4.69) is 5.32 Å². The van der Waals surface area contributed by atoms with E-state index >= 15 is 0 Å². The van der Waals surface area contributed by atoms with Gasteiger partial charge in [-0.15, -0.1) is 0 Å². The second-order valence-corrected chi connectivity index (χ2v) is 5.86. The Morgan fingerprint density at radius 1 is 1.25 bits per heavy atom. The number of furan rings is 1. The van der Waals surface area contributed by atoms with Crippen molar-refractivity contribution in [2.24, 2.45) is 29.6 Å². The lowest BCUT2D eigenvalue weighted by Gasteiger charge is -2.08. The van der Waals surface area contributed by atoms with Gasteiger partial charge in [0.25, 0.3) is 0 Å². The lowest BCUT2D eigenvalue weighted by molar-refractivity contribution is 0.426. The fraction of sp³-hybridized carbons (Fsp3) is 0.714. The maximum absolute atomic E-state index is 5.32. The quantitative estimate of drug-likeness (QED) is 0.838. The monoisotopic (exact) mass is 217 g/mol. The molecule has 4 atom stereocenters. The molecule has 0 spiro atoms. The minimum Gasteiger partial charge on any atom is -0.468 e. The van der Waals surface area contributed by atoms with Crippen molar-refractivity contribution in [2.45, 2.75) is 25.8 Å². The molecule has 0 saturated heterocycles. The van der Waals surface area contributed by atoms with Crippen molar-refractivity contribution in [3.8, 4) is 0 Å². The minimum atomic E-state index is 0.901. The van der Waals surface area contributed by atoms with Crippen molar-refractivity contribution >= 4 is 0 Å². The van der Waals surface area contributed by atoms with Crippen molar-refractivity contribution in [3.63, 3.8) is 0 Å². The standard InChI is InChI=1S/C14H19NO/c1-2-11(16-5-1)7-15-8-12-13-9-3-4-10(6-9)14(12)13/h1-2,5,9-10,12-15H,3-4,6-8H2. The van der Waals surface area contributed by atoms with E-state index in [1.165, 1.54) is 19.4 Å². The van der Waals surface area contributed by atoms with Crippen LogP contribution < -0.4 is 5.32 Å². The molecule has 0 amide bonds. The Hall–Kier alpha value is -0.760. The molecule has 0 aliphatic heterocycles. The minimum absolute atomic E-state index is 0.901. The Kier molecular flexibility index (Phi) is 1.95. The Bertz CT molecular complexity index is 356. The zero-order valence-corrected chi connectivity index (χ0v) is 9.56. The van der Waals surface area contributed by atoms with Crippen LogP contribution in [0.3, 0.4) is 0 Å². The third kappa shape index (κ3) is 1.29. The highest BCUT2D eigenvalue weighted by Gasteiger charge is 2.64. The fourth-order valence-electron chi connectivity index (χ4n) is 4.56. The summed E-state index contributed by atoms with van der Waals surface area (Å²) in [5.74, 6) is 6.47. The van der Waals surface area contributed by atoms with Gasteiger partial charge in [-0.2, -0.15) is 0 Å². The van der Waals surface area contributed by atoms with Gasteiger partial charge in [-0.25, -0.2) is 0 Å². The van der Waals surface area contributed by atoms with Crippen LogP contribution in [0, 0.1) is 29.6 Å². The topological polar surface area (TPSA) is 25.2 Å². The van der Waals surface area contributed by atoms with Crippen LogP contribution in [0.15, 0.2) is 22.8 Å². The van der Waals surface area contributed by atoms with Crippen LogP contribution in [-0.2, 0) is 6.54 Å². The van der Waals surface area contributed by atoms with E-state index in [1.54, 1.807) is 12.7 Å². The lowest BCUT2D eigenvalue weighted by Crippen LogP contribution is -2.19. The lowest BCUT2D eigenvalue weighted by atomic mass is 10.0. The molecule has 1 aromatic heterocycles. The predicted molar refractivity (Wildman–Crippen MR) is 61.7 cm³/mol. The van der Waals surface area contributed by atoms with Crippen LogP contribution in [0.5, 0.6) is 0 Å². The zero-order chi connectivity index (χ0) is 10.5. The second-order valence-electron chi connectivity index (χ2n) is 5.86. The van der Waals surface area contributed by atoms with E-state index in [9.17, 15) is 0 Å². The molecule has 16 heavy (non-hydrogen) atoms. The van der Waals surface area contributed by atoms with Gasteiger partial charge in [0.2, 0.25) is 0 Å². The Morgan fingerprint density at radius 3 is 2.75 bits per heavy atom. The van der Waals surface area contributed by atoms with Crippen molar-refractivity contribution in [1.29, 1.82) is 0 Å². The van der Waals surface area contributed by atoms with Gasteiger partial charge in [0, 0.05) is 0 Å². The first-order valence-electron chi connectivity index (χ1n) is 6.66. The molecule has 4 unspecified atom stereocenters. The predicted octanol–water partition coefficient (Wildman–Crippen LogP) is 2.66. The average Bonchev–Trinajstić information content (AvgIpc) is 2.77. The molecule has 3 aliphatic carbocycles. The maximum Gasteiger partial charge on any atom is 0.117 e. The van der Waals surface area contributed by atoms with Crippen LogP contribution in [-0.4, -0.2) is 6.54 Å². The summed E-state index contributed by atoms with van der Waals surface area (Å²) in [6.07, 6.45) is 6.37. The Morgan fingerprint density at radius 2 is 2.06 bits per heavy atom. The van der Waals surface area contributed by atoms with Gasteiger partial charge in [-0.3, -0.25) is 0 Å². The van der Waals surface area contributed by atoms with Gasteiger partial charge in [0.05, 0.1) is 12.8 Å². The number of hydrogen-bond acceptors (Lipinski definition) is 2. The highest BCUT2D eigenvalue weighted by molar-refractivity contribution is 5.13. The molecule has 0 aromatic carbocycles. The molecular formula is C14H19NO. The molecule has 1 N–H and O–H groups in total. The van der Waals surface area contributed by atoms with Crippen LogP contribution in [0.1, 0.15) is 25.0 Å². The summed E-state index contributed by atoms with van der Waals surface area (Å²) < 4.78 is 5.32. The number of hydrogen-bond donors (Lipinski definition) is 1. The second kappa shape index (κ2) is 3.36. The first-order chi connectivity index (χ1) is 7.93. The third-order valence-corrected chi connectivity index (χ3v) is 5.15. The Labute approximate surface area is 96.4 Å². The molecule has 4 rings (SSSR count). The molecule has 0 radical (unpaired) electrons. The molecule has 2 bridgehead atoms. The summed E-state index contributed by atoms with van der Waals surface area (Å²) in [6.45, 7) is 2.11. The van der Waals surface area contributed by atoms with Crippen LogP contribution in [0.4, 0.5) is 0 Å². The first-order valence-corrected chi connectivity index (χ1v) is 6.66. The number of nitrogens with one attached hydrogen (secondary N) is 1. The highest BCUT2D eigenvalue weighted by Crippen LogP contribution is 2.69. The number of fused-ring (bicyclic) bond motifs is 5. The van der Waals surface area contributed by atoms with E-state index in [-0.39, 0.29) is 0 Å². The fourth-order valence-corrected chi connectivity index (χ4v) is 4.56. The maximum atomic E-state index is 5.32. The Balaban J connectivity index is 1.29. The smallest absolute Gasteiger partial charge is 0.117 e. The van der Waals surface area contributed by atoms with E-state index in [0.29, 0.717) is 0 Å². The van der Waals surface area contributed by atoms with Crippen molar-refractivity contribution in [2.75, 3.05) is 6.54 Å². The summed E-state index contributed by atoms with van der Waals surface area (Å²) in [5, 5.41) is 3.55. The molecule has 1 heterocycles. The van der Waals surface area contributed by atoms with Crippen LogP contribution in [0.2, 0.25) is 0 Å². The molecule has 3 aliphatic rings. The van der Waals surface area contributed by atoms with Gasteiger partial charge in [-0.1, -0.05) is 0 Å². The van der Waals surface area contributed by atoms with Crippen molar-refractivity contribution in [1.82, 2.24) is 5.32 Å².